The molecule has 4 heterocycles. The lowest BCUT2D eigenvalue weighted by Gasteiger charge is -2.54. The third kappa shape index (κ3) is 2.34. The first-order chi connectivity index (χ1) is 12.1. The van der Waals surface area contributed by atoms with Crippen molar-refractivity contribution in [3.63, 3.8) is 0 Å². The first kappa shape index (κ1) is 14.9. The molecule has 126 valence electrons. The topological polar surface area (TPSA) is 58.2 Å². The quantitative estimate of drug-likeness (QED) is 0.768. The number of aromatic amines is 1. The molecule has 6 heteroatoms. The number of H-pyrrole nitrogens is 1. The number of hydrogen-bond acceptors (Lipinski definition) is 3. The van der Waals surface area contributed by atoms with Crippen LogP contribution in [0.1, 0.15) is 10.4 Å². The molecular formula is C19H16ClN3O2. The average Bonchev–Trinajstić information content (AvgIpc) is 2.95. The summed E-state index contributed by atoms with van der Waals surface area (Å²) in [6.45, 7) is 3.18. The van der Waals surface area contributed by atoms with E-state index in [9.17, 15) is 4.79 Å². The minimum Gasteiger partial charge on any atom is -0.380 e. The number of fused-ring (bicyclic) bond motifs is 1. The fourth-order valence-corrected chi connectivity index (χ4v) is 3.83. The van der Waals surface area contributed by atoms with Crippen LogP contribution in [-0.2, 0) is 4.74 Å². The van der Waals surface area contributed by atoms with E-state index in [0.717, 1.165) is 54.0 Å². The van der Waals surface area contributed by atoms with Crippen molar-refractivity contribution in [3.8, 4) is 11.1 Å². The zero-order valence-electron chi connectivity index (χ0n) is 13.5. The van der Waals surface area contributed by atoms with Gasteiger partial charge in [0.05, 0.1) is 23.7 Å². The zero-order valence-corrected chi connectivity index (χ0v) is 14.2. The zero-order chi connectivity index (χ0) is 17.0. The SMILES string of the molecule is O=C(c1ccc(-c2c[nH]c3ncc(Cl)cc23)cc1)N1CC2(COC2)C1. The number of halogens is 1. The maximum absolute atomic E-state index is 12.6. The fourth-order valence-electron chi connectivity index (χ4n) is 3.67. The Balaban J connectivity index is 1.39. The second-order valence-corrected chi connectivity index (χ2v) is 7.42. The molecular weight excluding hydrogens is 338 g/mol. The number of benzene rings is 1. The Kier molecular flexibility index (Phi) is 3.17. The molecule has 5 rings (SSSR count). The third-order valence-corrected chi connectivity index (χ3v) is 5.30. The summed E-state index contributed by atoms with van der Waals surface area (Å²) < 4.78 is 5.26. The van der Waals surface area contributed by atoms with Crippen molar-refractivity contribution in [1.82, 2.24) is 14.9 Å². The molecule has 2 aromatic heterocycles. The minimum atomic E-state index is 0.0905. The van der Waals surface area contributed by atoms with Crippen LogP contribution >= 0.6 is 11.6 Å². The van der Waals surface area contributed by atoms with Crippen molar-refractivity contribution in [2.75, 3.05) is 26.3 Å². The molecule has 1 N–H and O–H groups in total. The standard InChI is InChI=1S/C19H16ClN3O2/c20-14-5-15-16(7-22-17(15)21-6-14)12-1-3-13(4-2-12)18(24)23-8-19(9-23)10-25-11-19/h1-7H,8-11H2,(H,21,22). The molecule has 5 nitrogen and oxygen atoms in total. The molecule has 0 aliphatic carbocycles. The summed E-state index contributed by atoms with van der Waals surface area (Å²) in [4.78, 5) is 21.9. The van der Waals surface area contributed by atoms with Gasteiger partial charge in [-0.05, 0) is 23.8 Å². The smallest absolute Gasteiger partial charge is 0.253 e. The molecule has 2 fully saturated rings. The van der Waals surface area contributed by atoms with E-state index in [-0.39, 0.29) is 11.3 Å². The van der Waals surface area contributed by atoms with E-state index in [4.69, 9.17) is 16.3 Å². The largest absolute Gasteiger partial charge is 0.380 e. The predicted octanol–water partition coefficient (Wildman–Crippen LogP) is 3.36. The molecule has 0 unspecified atom stereocenters. The number of carbonyl (C=O) groups excluding carboxylic acids is 1. The highest BCUT2D eigenvalue weighted by molar-refractivity contribution is 6.31. The number of hydrogen-bond donors (Lipinski definition) is 1. The van der Waals surface area contributed by atoms with Crippen molar-refractivity contribution in [1.29, 1.82) is 0 Å². The number of rotatable bonds is 2. The van der Waals surface area contributed by atoms with E-state index in [0.29, 0.717) is 5.02 Å². The number of pyridine rings is 1. The Labute approximate surface area is 149 Å². The minimum absolute atomic E-state index is 0.0905. The van der Waals surface area contributed by atoms with E-state index in [2.05, 4.69) is 9.97 Å². The lowest BCUT2D eigenvalue weighted by Crippen LogP contribution is -2.67. The van der Waals surface area contributed by atoms with Gasteiger partial charge in [0.1, 0.15) is 5.65 Å². The molecule has 0 radical (unpaired) electrons. The predicted molar refractivity (Wildman–Crippen MR) is 95.7 cm³/mol. The number of likely N-dealkylation sites (tertiary alicyclic amines) is 1. The average molecular weight is 354 g/mol. The maximum atomic E-state index is 12.6. The van der Waals surface area contributed by atoms with Crippen molar-refractivity contribution in [2.45, 2.75) is 0 Å². The van der Waals surface area contributed by atoms with Gasteiger partial charge in [-0.2, -0.15) is 0 Å². The molecule has 0 saturated carbocycles. The number of ether oxygens (including phenoxy) is 1. The van der Waals surface area contributed by atoms with Crippen LogP contribution in [0, 0.1) is 5.41 Å². The van der Waals surface area contributed by atoms with Crippen LogP contribution in [-0.4, -0.2) is 47.1 Å². The normalized spacial score (nSPS) is 18.2. The van der Waals surface area contributed by atoms with E-state index < -0.39 is 0 Å². The molecule has 2 aliphatic rings. The highest BCUT2D eigenvalue weighted by Gasteiger charge is 2.50. The molecule has 1 spiro atoms. The monoisotopic (exact) mass is 353 g/mol. The first-order valence-corrected chi connectivity index (χ1v) is 8.62. The molecule has 1 amide bonds. The van der Waals surface area contributed by atoms with Crippen molar-refractivity contribution >= 4 is 28.5 Å². The molecule has 1 aromatic carbocycles. The van der Waals surface area contributed by atoms with Gasteiger partial charge in [-0.15, -0.1) is 0 Å². The number of carbonyl (C=O) groups is 1. The second-order valence-electron chi connectivity index (χ2n) is 6.98. The summed E-state index contributed by atoms with van der Waals surface area (Å²) in [7, 11) is 0. The van der Waals surface area contributed by atoms with Gasteiger partial charge in [-0.25, -0.2) is 4.98 Å². The molecule has 2 saturated heterocycles. The molecule has 0 bridgehead atoms. The van der Waals surface area contributed by atoms with E-state index in [1.807, 2.05) is 41.4 Å². The summed E-state index contributed by atoms with van der Waals surface area (Å²) >= 11 is 6.06. The number of nitrogens with zero attached hydrogens (tertiary/aromatic N) is 2. The Morgan fingerprint density at radius 2 is 2.00 bits per heavy atom. The van der Waals surface area contributed by atoms with Crippen LogP contribution in [0.25, 0.3) is 22.2 Å². The van der Waals surface area contributed by atoms with Crippen LogP contribution in [0.5, 0.6) is 0 Å². The van der Waals surface area contributed by atoms with Crippen molar-refractivity contribution in [3.05, 3.63) is 53.3 Å². The summed E-state index contributed by atoms with van der Waals surface area (Å²) in [5.74, 6) is 0.0905. The molecule has 0 atom stereocenters. The van der Waals surface area contributed by atoms with Gasteiger partial charge in [0.15, 0.2) is 0 Å². The summed E-state index contributed by atoms with van der Waals surface area (Å²) in [5, 5.41) is 1.58. The number of nitrogens with one attached hydrogen (secondary N) is 1. The molecule has 25 heavy (non-hydrogen) atoms. The first-order valence-electron chi connectivity index (χ1n) is 8.24. The van der Waals surface area contributed by atoms with E-state index in [1.165, 1.54) is 0 Å². The lowest BCUT2D eigenvalue weighted by atomic mass is 9.78. The van der Waals surface area contributed by atoms with Gasteiger partial charge in [-0.1, -0.05) is 23.7 Å². The fraction of sp³-hybridized carbons (Fsp3) is 0.263. The molecule has 3 aromatic rings. The Hall–Kier alpha value is -2.37. The second kappa shape index (κ2) is 5.31. The summed E-state index contributed by atoms with van der Waals surface area (Å²) in [6.07, 6.45) is 3.54. The van der Waals surface area contributed by atoms with Gasteiger partial charge in [0.25, 0.3) is 5.91 Å². The highest BCUT2D eigenvalue weighted by Crippen LogP contribution is 2.38. The Morgan fingerprint density at radius 3 is 2.68 bits per heavy atom. The van der Waals surface area contributed by atoms with Crippen LogP contribution in [0.3, 0.4) is 0 Å². The van der Waals surface area contributed by atoms with Gasteiger partial charge in [0, 0.05) is 42.0 Å². The maximum Gasteiger partial charge on any atom is 0.253 e. The van der Waals surface area contributed by atoms with E-state index in [1.54, 1.807) is 6.20 Å². The van der Waals surface area contributed by atoms with Crippen molar-refractivity contribution in [2.24, 2.45) is 5.41 Å². The van der Waals surface area contributed by atoms with Crippen LogP contribution in [0.2, 0.25) is 5.02 Å². The van der Waals surface area contributed by atoms with Gasteiger partial charge >= 0.3 is 0 Å². The van der Waals surface area contributed by atoms with Crippen LogP contribution in [0.15, 0.2) is 42.7 Å². The van der Waals surface area contributed by atoms with Gasteiger partial charge in [0.2, 0.25) is 0 Å². The summed E-state index contributed by atoms with van der Waals surface area (Å²) in [6, 6.07) is 9.61. The Morgan fingerprint density at radius 1 is 1.24 bits per heavy atom. The van der Waals surface area contributed by atoms with Crippen LogP contribution in [0.4, 0.5) is 0 Å². The number of aromatic nitrogens is 2. The van der Waals surface area contributed by atoms with Gasteiger partial charge < -0.3 is 14.6 Å². The van der Waals surface area contributed by atoms with Crippen molar-refractivity contribution < 1.29 is 9.53 Å². The highest BCUT2D eigenvalue weighted by atomic mass is 35.5. The Bertz CT molecular complexity index is 968. The third-order valence-electron chi connectivity index (χ3n) is 5.10. The number of amides is 1. The molecule has 2 aliphatic heterocycles. The summed E-state index contributed by atoms with van der Waals surface area (Å²) in [5.41, 5.74) is 3.81. The van der Waals surface area contributed by atoms with E-state index >= 15 is 0 Å². The van der Waals surface area contributed by atoms with Crippen LogP contribution < -0.4 is 0 Å². The lowest BCUT2D eigenvalue weighted by molar-refractivity contribution is -0.176. The van der Waals surface area contributed by atoms with Gasteiger partial charge in [-0.3, -0.25) is 4.79 Å².